The van der Waals surface area contributed by atoms with Crippen molar-refractivity contribution < 1.29 is 14.3 Å². The molecule has 0 unspecified atom stereocenters. The molecule has 0 radical (unpaired) electrons. The highest BCUT2D eigenvalue weighted by Gasteiger charge is 2.25. The van der Waals surface area contributed by atoms with E-state index in [4.69, 9.17) is 9.47 Å². The summed E-state index contributed by atoms with van der Waals surface area (Å²) >= 11 is 0. The largest absolute Gasteiger partial charge is 0.454 e. The fourth-order valence-corrected chi connectivity index (χ4v) is 4.26. The lowest BCUT2D eigenvalue weighted by molar-refractivity contribution is -0.132. The fraction of sp³-hybridized carbons (Fsp3) is 0.364. The number of rotatable bonds is 4. The van der Waals surface area contributed by atoms with Gasteiger partial charge < -0.3 is 19.4 Å². The van der Waals surface area contributed by atoms with E-state index in [1.54, 1.807) is 0 Å². The maximum absolute atomic E-state index is 12.7. The van der Waals surface area contributed by atoms with Gasteiger partial charge in [-0.15, -0.1) is 0 Å². The number of hydrogen-bond donors (Lipinski definition) is 1. The van der Waals surface area contributed by atoms with Crippen molar-refractivity contribution in [1.29, 1.82) is 0 Å². The summed E-state index contributed by atoms with van der Waals surface area (Å²) in [7, 11) is 0. The first-order chi connectivity index (χ1) is 13.8. The molecule has 0 spiro atoms. The zero-order chi connectivity index (χ0) is 18.9. The van der Waals surface area contributed by atoms with Gasteiger partial charge in [-0.3, -0.25) is 4.79 Å². The molecule has 0 bridgehead atoms. The molecule has 6 nitrogen and oxygen atoms in total. The minimum Gasteiger partial charge on any atom is -0.454 e. The Morgan fingerprint density at radius 3 is 2.93 bits per heavy atom. The number of aromatic nitrogens is 2. The van der Waals surface area contributed by atoms with Crippen LogP contribution in [-0.4, -0.2) is 40.7 Å². The number of carbonyl (C=O) groups excluding carboxylic acids is 1. The molecule has 1 saturated heterocycles. The molecule has 1 fully saturated rings. The van der Waals surface area contributed by atoms with Gasteiger partial charge in [-0.1, -0.05) is 6.07 Å². The van der Waals surface area contributed by atoms with Gasteiger partial charge in [0.05, 0.1) is 0 Å². The zero-order valence-electron chi connectivity index (χ0n) is 15.7. The van der Waals surface area contributed by atoms with Gasteiger partial charge in [0.1, 0.15) is 5.65 Å². The molecule has 0 saturated carbocycles. The van der Waals surface area contributed by atoms with Crippen LogP contribution >= 0.6 is 0 Å². The number of likely N-dealkylation sites (tertiary alicyclic amines) is 1. The van der Waals surface area contributed by atoms with E-state index in [1.165, 1.54) is 10.9 Å². The first kappa shape index (κ1) is 17.1. The van der Waals surface area contributed by atoms with Crippen molar-refractivity contribution in [2.24, 2.45) is 0 Å². The number of benzene rings is 1. The van der Waals surface area contributed by atoms with Gasteiger partial charge in [0.25, 0.3) is 0 Å². The highest BCUT2D eigenvalue weighted by Crippen LogP contribution is 2.34. The van der Waals surface area contributed by atoms with E-state index >= 15 is 0 Å². The first-order valence-corrected chi connectivity index (χ1v) is 9.86. The molecule has 5 rings (SSSR count). The van der Waals surface area contributed by atoms with E-state index in [1.807, 2.05) is 35.4 Å². The molecular weight excluding hydrogens is 354 g/mol. The van der Waals surface area contributed by atoms with Crippen LogP contribution in [0, 0.1) is 0 Å². The van der Waals surface area contributed by atoms with Crippen LogP contribution in [0.1, 0.15) is 36.3 Å². The van der Waals surface area contributed by atoms with Gasteiger partial charge in [0, 0.05) is 37.3 Å². The van der Waals surface area contributed by atoms with E-state index in [-0.39, 0.29) is 12.7 Å². The zero-order valence-corrected chi connectivity index (χ0v) is 15.7. The van der Waals surface area contributed by atoms with Crippen LogP contribution in [0.5, 0.6) is 11.5 Å². The van der Waals surface area contributed by atoms with E-state index in [9.17, 15) is 4.79 Å². The number of H-pyrrole nitrogens is 1. The summed E-state index contributed by atoms with van der Waals surface area (Å²) in [6.07, 6.45) is 7.14. The van der Waals surface area contributed by atoms with Gasteiger partial charge in [0.15, 0.2) is 11.5 Å². The second-order valence-corrected chi connectivity index (χ2v) is 7.49. The van der Waals surface area contributed by atoms with Crippen molar-refractivity contribution in [2.45, 2.75) is 31.6 Å². The predicted molar refractivity (Wildman–Crippen MR) is 106 cm³/mol. The molecule has 4 heterocycles. The van der Waals surface area contributed by atoms with Crippen molar-refractivity contribution in [3.8, 4) is 11.5 Å². The summed E-state index contributed by atoms with van der Waals surface area (Å²) in [5, 5.41) is 1.20. The summed E-state index contributed by atoms with van der Waals surface area (Å²) in [4.78, 5) is 22.3. The third-order valence-electron chi connectivity index (χ3n) is 5.84. The third-order valence-corrected chi connectivity index (χ3v) is 5.84. The Hall–Kier alpha value is -3.02. The fourth-order valence-electron chi connectivity index (χ4n) is 4.26. The highest BCUT2D eigenvalue weighted by atomic mass is 16.7. The summed E-state index contributed by atoms with van der Waals surface area (Å²) < 4.78 is 10.8. The molecular formula is C22H23N3O3. The van der Waals surface area contributed by atoms with Crippen LogP contribution in [-0.2, 0) is 11.2 Å². The number of aryl methyl sites for hydroxylation is 1. The van der Waals surface area contributed by atoms with Crippen LogP contribution in [0.15, 0.2) is 42.7 Å². The van der Waals surface area contributed by atoms with E-state index in [0.717, 1.165) is 55.1 Å². The Labute approximate surface area is 163 Å². The summed E-state index contributed by atoms with van der Waals surface area (Å²) in [6, 6.07) is 10.0. The molecule has 3 aromatic rings. The van der Waals surface area contributed by atoms with E-state index in [0.29, 0.717) is 12.3 Å². The van der Waals surface area contributed by atoms with Gasteiger partial charge in [-0.25, -0.2) is 4.98 Å². The molecule has 6 heteroatoms. The van der Waals surface area contributed by atoms with Crippen LogP contribution in [0.4, 0.5) is 0 Å². The predicted octanol–water partition coefficient (Wildman–Crippen LogP) is 3.63. The van der Waals surface area contributed by atoms with Crippen LogP contribution in [0.3, 0.4) is 0 Å². The second kappa shape index (κ2) is 7.19. The quantitative estimate of drug-likeness (QED) is 0.754. The summed E-state index contributed by atoms with van der Waals surface area (Å²) in [6.45, 7) is 1.91. The van der Waals surface area contributed by atoms with Gasteiger partial charge in [0.2, 0.25) is 12.7 Å². The van der Waals surface area contributed by atoms with Gasteiger partial charge >= 0.3 is 0 Å². The van der Waals surface area contributed by atoms with Crippen molar-refractivity contribution >= 4 is 16.9 Å². The maximum atomic E-state index is 12.7. The topological polar surface area (TPSA) is 67.5 Å². The van der Waals surface area contributed by atoms with Crippen molar-refractivity contribution in [3.63, 3.8) is 0 Å². The lowest BCUT2D eigenvalue weighted by Crippen LogP contribution is -2.38. The lowest BCUT2D eigenvalue weighted by atomic mass is 9.89. The van der Waals surface area contributed by atoms with Crippen molar-refractivity contribution in [2.75, 3.05) is 19.9 Å². The Bertz CT molecular complexity index is 1010. The molecule has 1 amide bonds. The lowest BCUT2D eigenvalue weighted by Gasteiger charge is -2.32. The molecule has 144 valence electrons. The third kappa shape index (κ3) is 3.19. The number of ether oxygens (including phenoxy) is 2. The molecule has 0 aliphatic carbocycles. The normalized spacial score (nSPS) is 16.6. The Morgan fingerprint density at radius 1 is 1.18 bits per heavy atom. The minimum atomic E-state index is 0.233. The monoisotopic (exact) mass is 377 g/mol. The number of nitrogens with one attached hydrogen (secondary N) is 1. The van der Waals surface area contributed by atoms with Crippen LogP contribution < -0.4 is 9.47 Å². The minimum absolute atomic E-state index is 0.233. The second-order valence-electron chi connectivity index (χ2n) is 7.49. The smallest absolute Gasteiger partial charge is 0.231 e. The van der Waals surface area contributed by atoms with E-state index < -0.39 is 0 Å². The Kier molecular flexibility index (Phi) is 4.39. The number of hydrogen-bond acceptors (Lipinski definition) is 4. The molecule has 28 heavy (non-hydrogen) atoms. The molecule has 1 aromatic carbocycles. The number of nitrogens with zero attached hydrogens (tertiary/aromatic N) is 2. The molecule has 2 aromatic heterocycles. The van der Waals surface area contributed by atoms with E-state index in [2.05, 4.69) is 22.2 Å². The van der Waals surface area contributed by atoms with Crippen molar-refractivity contribution in [1.82, 2.24) is 14.9 Å². The summed E-state index contributed by atoms with van der Waals surface area (Å²) in [5.74, 6) is 2.27. The maximum Gasteiger partial charge on any atom is 0.231 e. The summed E-state index contributed by atoms with van der Waals surface area (Å²) in [5.41, 5.74) is 3.38. The number of amides is 1. The molecule has 2 aliphatic heterocycles. The number of pyridine rings is 1. The first-order valence-electron chi connectivity index (χ1n) is 9.86. The molecule has 2 aliphatic rings. The van der Waals surface area contributed by atoms with Crippen molar-refractivity contribution in [3.05, 3.63) is 53.9 Å². The average molecular weight is 377 g/mol. The van der Waals surface area contributed by atoms with Crippen LogP contribution in [0.25, 0.3) is 11.0 Å². The van der Waals surface area contributed by atoms with Crippen LogP contribution in [0.2, 0.25) is 0 Å². The number of aromatic amines is 1. The number of carbonyl (C=O) groups is 1. The van der Waals surface area contributed by atoms with Gasteiger partial charge in [-0.05, 0) is 60.6 Å². The standard InChI is InChI=1S/C22H23N3O3/c26-21(6-4-15-3-5-19-20(12-15)28-14-27-19)25-10-7-16(8-11-25)18-13-24-22-17(18)2-1-9-23-22/h1-3,5,9,12-13,16H,4,6-8,10-11,14H2,(H,23,24). The van der Waals surface area contributed by atoms with Gasteiger partial charge in [-0.2, -0.15) is 0 Å². The number of fused-ring (bicyclic) bond motifs is 2. The number of piperidine rings is 1. The molecule has 1 N–H and O–H groups in total. The SMILES string of the molecule is O=C(CCc1ccc2c(c1)OCO2)N1CCC(c2c[nH]c3ncccc23)CC1. The highest BCUT2D eigenvalue weighted by molar-refractivity contribution is 5.80. The Balaban J connectivity index is 1.17. The molecule has 0 atom stereocenters. The average Bonchev–Trinajstić information content (AvgIpc) is 3.38. The Morgan fingerprint density at radius 2 is 2.04 bits per heavy atom.